The molecular formula is C13H17ClO3. The first-order valence-electron chi connectivity index (χ1n) is 5.36. The van der Waals surface area contributed by atoms with E-state index in [9.17, 15) is 4.79 Å². The molecule has 0 aliphatic rings. The van der Waals surface area contributed by atoms with E-state index in [1.165, 1.54) is 0 Å². The minimum Gasteiger partial charge on any atom is -0.481 e. The number of hydrogen-bond donors (Lipinski definition) is 1. The third-order valence-electron chi connectivity index (χ3n) is 2.64. The minimum absolute atomic E-state index is 0.454. The number of methoxy groups -OCH3 is 1. The standard InChI is InChI=1S/C13H17ClO3/c1-13(2,12(15)16)7-9-4-5-10(8-17-3)11(14)6-9/h4-6H,7-8H2,1-3H3,(H,15,16). The largest absolute Gasteiger partial charge is 0.481 e. The predicted octanol–water partition coefficient (Wildman–Crippen LogP) is 3.14. The second-order valence-electron chi connectivity index (χ2n) is 4.72. The molecular weight excluding hydrogens is 240 g/mol. The maximum absolute atomic E-state index is 11.0. The summed E-state index contributed by atoms with van der Waals surface area (Å²) in [5.41, 5.74) is 1.04. The monoisotopic (exact) mass is 256 g/mol. The predicted molar refractivity (Wildman–Crippen MR) is 67.3 cm³/mol. The van der Waals surface area contributed by atoms with E-state index < -0.39 is 11.4 Å². The van der Waals surface area contributed by atoms with Crippen LogP contribution in [0.25, 0.3) is 0 Å². The van der Waals surface area contributed by atoms with Crippen molar-refractivity contribution in [3.05, 3.63) is 34.3 Å². The lowest BCUT2D eigenvalue weighted by molar-refractivity contribution is -0.146. The van der Waals surface area contributed by atoms with Gasteiger partial charge >= 0.3 is 5.97 Å². The van der Waals surface area contributed by atoms with Gasteiger partial charge in [-0.05, 0) is 37.5 Å². The molecule has 17 heavy (non-hydrogen) atoms. The van der Waals surface area contributed by atoms with Crippen LogP contribution >= 0.6 is 11.6 Å². The van der Waals surface area contributed by atoms with Crippen LogP contribution in [0.3, 0.4) is 0 Å². The van der Waals surface area contributed by atoms with E-state index in [-0.39, 0.29) is 0 Å². The van der Waals surface area contributed by atoms with Gasteiger partial charge in [0.15, 0.2) is 0 Å². The summed E-state index contributed by atoms with van der Waals surface area (Å²) in [7, 11) is 1.61. The number of ether oxygens (including phenoxy) is 1. The van der Waals surface area contributed by atoms with Crippen LogP contribution in [0.15, 0.2) is 18.2 Å². The fourth-order valence-electron chi connectivity index (χ4n) is 1.56. The van der Waals surface area contributed by atoms with Crippen LogP contribution in [0.5, 0.6) is 0 Å². The van der Waals surface area contributed by atoms with Gasteiger partial charge in [-0.3, -0.25) is 4.79 Å². The summed E-state index contributed by atoms with van der Waals surface area (Å²) in [6, 6.07) is 5.57. The number of carbonyl (C=O) groups is 1. The van der Waals surface area contributed by atoms with Gasteiger partial charge in [-0.15, -0.1) is 0 Å². The highest BCUT2D eigenvalue weighted by atomic mass is 35.5. The molecule has 4 heteroatoms. The van der Waals surface area contributed by atoms with Crippen molar-refractivity contribution in [2.24, 2.45) is 5.41 Å². The molecule has 1 aromatic rings. The Bertz CT molecular complexity index is 413. The molecule has 0 spiro atoms. The molecule has 0 aliphatic heterocycles. The van der Waals surface area contributed by atoms with E-state index in [1.54, 1.807) is 27.0 Å². The van der Waals surface area contributed by atoms with Crippen LogP contribution in [0.2, 0.25) is 5.02 Å². The van der Waals surface area contributed by atoms with Crippen molar-refractivity contribution >= 4 is 17.6 Å². The quantitative estimate of drug-likeness (QED) is 0.880. The molecule has 0 amide bonds. The zero-order chi connectivity index (χ0) is 13.1. The molecule has 0 aromatic heterocycles. The number of hydrogen-bond acceptors (Lipinski definition) is 2. The molecule has 0 saturated carbocycles. The number of carboxylic acids is 1. The Morgan fingerprint density at radius 1 is 1.47 bits per heavy atom. The van der Waals surface area contributed by atoms with Crippen LogP contribution in [-0.4, -0.2) is 18.2 Å². The Labute approximate surface area is 106 Å². The van der Waals surface area contributed by atoms with E-state index in [0.29, 0.717) is 18.1 Å². The lowest BCUT2D eigenvalue weighted by Crippen LogP contribution is -2.26. The van der Waals surface area contributed by atoms with Crippen LogP contribution in [0.4, 0.5) is 0 Å². The van der Waals surface area contributed by atoms with Gasteiger partial charge in [0.2, 0.25) is 0 Å². The van der Waals surface area contributed by atoms with Crippen LogP contribution in [-0.2, 0) is 22.6 Å². The van der Waals surface area contributed by atoms with Crippen molar-refractivity contribution in [3.8, 4) is 0 Å². The normalized spacial score (nSPS) is 11.5. The summed E-state index contributed by atoms with van der Waals surface area (Å²) in [5.74, 6) is -0.811. The summed E-state index contributed by atoms with van der Waals surface area (Å²) >= 11 is 6.09. The van der Waals surface area contributed by atoms with Crippen molar-refractivity contribution in [2.75, 3.05) is 7.11 Å². The zero-order valence-corrected chi connectivity index (χ0v) is 11.0. The van der Waals surface area contributed by atoms with Crippen molar-refractivity contribution < 1.29 is 14.6 Å². The first-order chi connectivity index (χ1) is 7.86. The van der Waals surface area contributed by atoms with Crippen molar-refractivity contribution in [2.45, 2.75) is 26.9 Å². The van der Waals surface area contributed by atoms with E-state index in [2.05, 4.69) is 0 Å². The zero-order valence-electron chi connectivity index (χ0n) is 10.3. The Morgan fingerprint density at radius 3 is 2.59 bits per heavy atom. The SMILES string of the molecule is COCc1ccc(CC(C)(C)C(=O)O)cc1Cl. The fraction of sp³-hybridized carbons (Fsp3) is 0.462. The van der Waals surface area contributed by atoms with Crippen LogP contribution in [0, 0.1) is 5.41 Å². The first-order valence-corrected chi connectivity index (χ1v) is 5.74. The molecule has 94 valence electrons. The van der Waals surface area contributed by atoms with Gasteiger partial charge in [0.1, 0.15) is 0 Å². The second-order valence-corrected chi connectivity index (χ2v) is 5.13. The van der Waals surface area contributed by atoms with E-state index in [0.717, 1.165) is 11.1 Å². The first kappa shape index (κ1) is 14.0. The maximum atomic E-state index is 11.0. The van der Waals surface area contributed by atoms with E-state index in [4.69, 9.17) is 21.4 Å². The van der Waals surface area contributed by atoms with E-state index in [1.807, 2.05) is 12.1 Å². The lowest BCUT2D eigenvalue weighted by atomic mass is 9.86. The van der Waals surface area contributed by atoms with Gasteiger partial charge in [-0.25, -0.2) is 0 Å². The van der Waals surface area contributed by atoms with Gasteiger partial charge in [-0.2, -0.15) is 0 Å². The summed E-state index contributed by atoms with van der Waals surface area (Å²) < 4.78 is 5.01. The molecule has 0 radical (unpaired) electrons. The third kappa shape index (κ3) is 3.72. The highest BCUT2D eigenvalue weighted by molar-refractivity contribution is 6.31. The van der Waals surface area contributed by atoms with Crippen LogP contribution < -0.4 is 0 Å². The van der Waals surface area contributed by atoms with E-state index >= 15 is 0 Å². The Kier molecular flexibility index (Phi) is 4.54. The molecule has 0 fully saturated rings. The molecule has 3 nitrogen and oxygen atoms in total. The Hall–Kier alpha value is -1.06. The molecule has 0 aliphatic carbocycles. The molecule has 0 heterocycles. The summed E-state index contributed by atoms with van der Waals surface area (Å²) in [6.07, 6.45) is 0.454. The minimum atomic E-state index is -0.811. The molecule has 0 unspecified atom stereocenters. The number of benzene rings is 1. The van der Waals surface area contributed by atoms with Gasteiger partial charge in [-0.1, -0.05) is 23.7 Å². The molecule has 1 aromatic carbocycles. The van der Waals surface area contributed by atoms with Crippen molar-refractivity contribution in [3.63, 3.8) is 0 Å². The highest BCUT2D eigenvalue weighted by Crippen LogP contribution is 2.25. The molecule has 1 N–H and O–H groups in total. The van der Waals surface area contributed by atoms with Crippen molar-refractivity contribution in [1.29, 1.82) is 0 Å². The summed E-state index contributed by atoms with van der Waals surface area (Å²) in [6.45, 7) is 3.86. The number of rotatable bonds is 5. The average molecular weight is 257 g/mol. The number of halogens is 1. The Balaban J connectivity index is 2.87. The van der Waals surface area contributed by atoms with Gasteiger partial charge < -0.3 is 9.84 Å². The molecule has 0 atom stereocenters. The second kappa shape index (κ2) is 5.52. The van der Waals surface area contributed by atoms with Gasteiger partial charge in [0, 0.05) is 12.1 Å². The average Bonchev–Trinajstić information content (AvgIpc) is 2.21. The topological polar surface area (TPSA) is 46.5 Å². The fourth-order valence-corrected chi connectivity index (χ4v) is 1.82. The lowest BCUT2D eigenvalue weighted by Gasteiger charge is -2.19. The molecule has 0 saturated heterocycles. The highest BCUT2D eigenvalue weighted by Gasteiger charge is 2.27. The molecule has 1 rings (SSSR count). The summed E-state index contributed by atoms with van der Waals surface area (Å²) in [5, 5.41) is 9.67. The number of carboxylic acid groups (broad SMARTS) is 1. The third-order valence-corrected chi connectivity index (χ3v) is 2.99. The Morgan fingerprint density at radius 2 is 2.12 bits per heavy atom. The summed E-state index contributed by atoms with van der Waals surface area (Å²) in [4.78, 5) is 11.0. The van der Waals surface area contributed by atoms with Crippen molar-refractivity contribution in [1.82, 2.24) is 0 Å². The maximum Gasteiger partial charge on any atom is 0.309 e. The van der Waals surface area contributed by atoms with Gasteiger partial charge in [0.25, 0.3) is 0 Å². The molecule has 0 bridgehead atoms. The van der Waals surface area contributed by atoms with Crippen LogP contribution in [0.1, 0.15) is 25.0 Å². The van der Waals surface area contributed by atoms with Gasteiger partial charge in [0.05, 0.1) is 12.0 Å². The smallest absolute Gasteiger partial charge is 0.309 e. The number of aliphatic carboxylic acids is 1.